The molecular weight excluding hydrogens is 516 g/mol. The van der Waals surface area contributed by atoms with Crippen molar-refractivity contribution < 1.29 is 29.2 Å². The zero-order chi connectivity index (χ0) is 28.2. The molecule has 6 aromatic rings. The van der Waals surface area contributed by atoms with Gasteiger partial charge in [-0.05, 0) is 48.9 Å². The average molecular weight is 545 g/mol. The van der Waals surface area contributed by atoms with Crippen LogP contribution in [0.2, 0.25) is 0 Å². The molecule has 0 amide bonds. The predicted molar refractivity (Wildman–Crippen MR) is 160 cm³/mol. The molecule has 0 atom stereocenters. The summed E-state index contributed by atoms with van der Waals surface area (Å²) >= 11 is 0. The van der Waals surface area contributed by atoms with Crippen LogP contribution in [0.5, 0.6) is 34.5 Å². The number of fused-ring (bicyclic) bond motifs is 2. The van der Waals surface area contributed by atoms with Gasteiger partial charge >= 0.3 is 0 Å². The first-order valence-electron chi connectivity index (χ1n) is 13.2. The van der Waals surface area contributed by atoms with E-state index in [0.29, 0.717) is 50.3 Å². The molecule has 6 nitrogen and oxygen atoms in total. The number of rotatable bonds is 9. The molecule has 0 aliphatic heterocycles. The van der Waals surface area contributed by atoms with Crippen LogP contribution in [-0.4, -0.2) is 23.8 Å². The highest BCUT2D eigenvalue weighted by Crippen LogP contribution is 2.48. The molecule has 0 radical (unpaired) electrons. The third kappa shape index (κ3) is 5.28. The first kappa shape index (κ1) is 25.9. The summed E-state index contributed by atoms with van der Waals surface area (Å²) in [5.74, 6) is 2.42. The highest BCUT2D eigenvalue weighted by molar-refractivity contribution is 6.05. The molecular formula is C35H28O6. The molecule has 0 aliphatic rings. The smallest absolute Gasteiger partial charge is 0.230 e. The number of phenolic OH excluding ortho intramolecular Hbond substituents is 2. The van der Waals surface area contributed by atoms with Gasteiger partial charge in [-0.15, -0.1) is 0 Å². The quantitative estimate of drug-likeness (QED) is 0.179. The summed E-state index contributed by atoms with van der Waals surface area (Å²) < 4.78 is 23.7. The second-order valence-corrected chi connectivity index (χ2v) is 9.52. The van der Waals surface area contributed by atoms with Gasteiger partial charge in [0.05, 0.1) is 0 Å². The van der Waals surface area contributed by atoms with Crippen LogP contribution >= 0.6 is 0 Å². The van der Waals surface area contributed by atoms with E-state index < -0.39 is 0 Å². The number of hydrogen-bond acceptors (Lipinski definition) is 6. The van der Waals surface area contributed by atoms with Gasteiger partial charge in [0.15, 0.2) is 0 Å². The molecule has 0 bridgehead atoms. The Morgan fingerprint density at radius 1 is 0.488 bits per heavy atom. The highest BCUT2D eigenvalue weighted by atomic mass is 16.7. The lowest BCUT2D eigenvalue weighted by atomic mass is 9.94. The van der Waals surface area contributed by atoms with Crippen LogP contribution in [0, 0.1) is 6.92 Å². The minimum atomic E-state index is -0.0354. The molecule has 2 N–H and O–H groups in total. The summed E-state index contributed by atoms with van der Waals surface area (Å²) in [6, 6.07) is 35.3. The lowest BCUT2D eigenvalue weighted by Crippen LogP contribution is -2.07. The third-order valence-corrected chi connectivity index (χ3v) is 6.94. The number of benzene rings is 6. The topological polar surface area (TPSA) is 77.4 Å². The van der Waals surface area contributed by atoms with E-state index in [1.54, 1.807) is 12.1 Å². The Bertz CT molecular complexity index is 1820. The van der Waals surface area contributed by atoms with E-state index >= 15 is 0 Å². The van der Waals surface area contributed by atoms with Crippen molar-refractivity contribution in [3.63, 3.8) is 0 Å². The zero-order valence-electron chi connectivity index (χ0n) is 22.4. The Morgan fingerprint density at radius 3 is 1.61 bits per heavy atom. The molecule has 6 rings (SSSR count). The van der Waals surface area contributed by atoms with Crippen molar-refractivity contribution in [3.8, 4) is 45.6 Å². The van der Waals surface area contributed by atoms with Crippen LogP contribution in [0.4, 0.5) is 0 Å². The van der Waals surface area contributed by atoms with Crippen molar-refractivity contribution in [2.24, 2.45) is 0 Å². The van der Waals surface area contributed by atoms with Gasteiger partial charge in [0.2, 0.25) is 13.6 Å². The van der Waals surface area contributed by atoms with Gasteiger partial charge in [0.1, 0.15) is 34.5 Å². The van der Waals surface area contributed by atoms with E-state index in [2.05, 4.69) is 0 Å². The van der Waals surface area contributed by atoms with Crippen LogP contribution in [0.15, 0.2) is 115 Å². The number of aromatic hydroxyl groups is 2. The summed E-state index contributed by atoms with van der Waals surface area (Å²) in [6.45, 7) is 1.89. The maximum atomic E-state index is 11.5. The largest absolute Gasteiger partial charge is 0.507 e. The summed E-state index contributed by atoms with van der Waals surface area (Å²) in [5, 5.41) is 25.6. The number of aryl methyl sites for hydroxylation is 1. The van der Waals surface area contributed by atoms with Crippen molar-refractivity contribution in [1.29, 1.82) is 0 Å². The van der Waals surface area contributed by atoms with Gasteiger partial charge in [-0.25, -0.2) is 0 Å². The van der Waals surface area contributed by atoms with E-state index in [1.807, 2.05) is 110 Å². The van der Waals surface area contributed by atoms with Crippen molar-refractivity contribution in [2.75, 3.05) is 13.6 Å². The maximum Gasteiger partial charge on any atom is 0.230 e. The fourth-order valence-electron chi connectivity index (χ4n) is 4.93. The summed E-state index contributed by atoms with van der Waals surface area (Å²) in [4.78, 5) is 0. The summed E-state index contributed by atoms with van der Waals surface area (Å²) in [6.07, 6.45) is 0. The van der Waals surface area contributed by atoms with E-state index in [0.717, 1.165) is 10.9 Å². The van der Waals surface area contributed by atoms with Gasteiger partial charge in [-0.3, -0.25) is 0 Å². The van der Waals surface area contributed by atoms with Crippen LogP contribution in [0.3, 0.4) is 0 Å². The standard InChI is InChI=1S/C35H28O6/c1-23-11-10-18-28-33(23)32(41-22-39-25-14-6-3-7-15-25)20-30(35(28)37)29-19-31(26-16-8-9-17-27(26)34(29)36)40-21-38-24-12-4-2-5-13-24/h2-20,36-37H,21-22H2,1H3. The molecule has 0 aliphatic carbocycles. The molecule has 0 aromatic heterocycles. The van der Waals surface area contributed by atoms with Gasteiger partial charge < -0.3 is 29.2 Å². The number of para-hydroxylation sites is 2. The lowest BCUT2D eigenvalue weighted by molar-refractivity contribution is 0.121. The number of hydrogen-bond donors (Lipinski definition) is 2. The van der Waals surface area contributed by atoms with E-state index in [-0.39, 0.29) is 25.1 Å². The average Bonchev–Trinajstić information content (AvgIpc) is 3.01. The van der Waals surface area contributed by atoms with Crippen LogP contribution in [-0.2, 0) is 0 Å². The van der Waals surface area contributed by atoms with Crippen LogP contribution < -0.4 is 18.9 Å². The molecule has 41 heavy (non-hydrogen) atoms. The molecule has 0 heterocycles. The number of ether oxygens (including phenoxy) is 4. The van der Waals surface area contributed by atoms with Crippen molar-refractivity contribution in [2.45, 2.75) is 6.92 Å². The molecule has 0 spiro atoms. The minimum absolute atomic E-state index is 0.0192. The molecule has 6 heteroatoms. The zero-order valence-corrected chi connectivity index (χ0v) is 22.4. The molecule has 0 saturated carbocycles. The monoisotopic (exact) mass is 544 g/mol. The fourth-order valence-corrected chi connectivity index (χ4v) is 4.93. The first-order valence-corrected chi connectivity index (χ1v) is 13.2. The molecule has 0 unspecified atom stereocenters. The highest BCUT2D eigenvalue weighted by Gasteiger charge is 2.21. The Morgan fingerprint density at radius 2 is 0.976 bits per heavy atom. The fraction of sp³-hybridized carbons (Fsp3) is 0.0857. The van der Waals surface area contributed by atoms with Crippen LogP contribution in [0.25, 0.3) is 32.7 Å². The second kappa shape index (κ2) is 11.4. The van der Waals surface area contributed by atoms with Crippen molar-refractivity contribution >= 4 is 21.5 Å². The maximum absolute atomic E-state index is 11.5. The SMILES string of the molecule is Cc1cccc2c(O)c(-c3cc(OCOc4ccccc4)c4ccccc4c3O)cc(OCOc3ccccc3)c12. The summed E-state index contributed by atoms with van der Waals surface area (Å²) in [5.41, 5.74) is 1.73. The van der Waals surface area contributed by atoms with Gasteiger partial charge in [0.25, 0.3) is 0 Å². The molecule has 204 valence electrons. The van der Waals surface area contributed by atoms with Gasteiger partial charge in [-0.2, -0.15) is 0 Å². The lowest BCUT2D eigenvalue weighted by Gasteiger charge is -2.19. The minimum Gasteiger partial charge on any atom is -0.507 e. The van der Waals surface area contributed by atoms with Gasteiger partial charge in [0, 0.05) is 32.7 Å². The molecule has 6 aromatic carbocycles. The number of phenols is 2. The van der Waals surface area contributed by atoms with E-state index in [1.165, 1.54) is 0 Å². The van der Waals surface area contributed by atoms with E-state index in [4.69, 9.17) is 18.9 Å². The van der Waals surface area contributed by atoms with Gasteiger partial charge in [-0.1, -0.05) is 78.9 Å². The predicted octanol–water partition coefficient (Wildman–Crippen LogP) is 8.21. The van der Waals surface area contributed by atoms with Crippen molar-refractivity contribution in [3.05, 3.63) is 121 Å². The Kier molecular flexibility index (Phi) is 7.20. The Labute approximate surface area is 237 Å². The van der Waals surface area contributed by atoms with Crippen LogP contribution in [0.1, 0.15) is 5.56 Å². The summed E-state index contributed by atoms with van der Waals surface area (Å²) in [7, 11) is 0. The molecule has 0 saturated heterocycles. The van der Waals surface area contributed by atoms with E-state index in [9.17, 15) is 10.2 Å². The second-order valence-electron chi connectivity index (χ2n) is 9.52. The third-order valence-electron chi connectivity index (χ3n) is 6.94. The Balaban J connectivity index is 1.42. The first-order chi connectivity index (χ1) is 20.1. The molecule has 0 fully saturated rings. The van der Waals surface area contributed by atoms with Crippen molar-refractivity contribution in [1.82, 2.24) is 0 Å². The normalized spacial score (nSPS) is 11.0. The Hall–Kier alpha value is -5.36.